The van der Waals surface area contributed by atoms with Crippen molar-refractivity contribution in [3.8, 4) is 11.1 Å². The van der Waals surface area contributed by atoms with Gasteiger partial charge in [-0.2, -0.15) is 0 Å². The molecule has 0 amide bonds. The molecule has 1 aliphatic rings. The van der Waals surface area contributed by atoms with E-state index < -0.39 is 4.92 Å². The number of pyridine rings is 1. The topological polar surface area (TPSA) is 73.1 Å². The molecule has 108 valence electrons. The number of nitro groups is 1. The Balaban J connectivity index is 2.22. The van der Waals surface area contributed by atoms with Crippen molar-refractivity contribution >= 4 is 22.1 Å². The molecule has 0 fully saturated rings. The molecular formula is C15H14N2O3S. The summed E-state index contributed by atoms with van der Waals surface area (Å²) >= 11 is 1.09. The van der Waals surface area contributed by atoms with Crippen LogP contribution in [0.15, 0.2) is 17.6 Å². The molecule has 0 N–H and O–H groups in total. The highest BCUT2D eigenvalue weighted by atomic mass is 32.1. The predicted octanol–water partition coefficient (Wildman–Crippen LogP) is 3.80. The molecule has 6 heteroatoms. The molecule has 0 unspecified atom stereocenters. The fourth-order valence-electron chi connectivity index (χ4n) is 2.82. The number of thiophene rings is 1. The molecule has 0 radical (unpaired) electrons. The lowest BCUT2D eigenvalue weighted by Crippen LogP contribution is -2.10. The van der Waals surface area contributed by atoms with Gasteiger partial charge in [0.1, 0.15) is 0 Å². The summed E-state index contributed by atoms with van der Waals surface area (Å²) in [6.45, 7) is 1.51. The molecule has 3 rings (SSSR count). The van der Waals surface area contributed by atoms with Gasteiger partial charge in [-0.1, -0.05) is 11.3 Å². The normalized spacial score (nSPS) is 13.8. The SMILES string of the molecule is CC(=O)c1cnc2c(c1-c1csc([N+](=O)[O-])c1)CCCC2. The van der Waals surface area contributed by atoms with Crippen LogP contribution in [0, 0.1) is 10.1 Å². The number of hydrogen-bond acceptors (Lipinski definition) is 5. The van der Waals surface area contributed by atoms with Crippen molar-refractivity contribution in [2.24, 2.45) is 0 Å². The number of carbonyl (C=O) groups is 1. The van der Waals surface area contributed by atoms with E-state index in [4.69, 9.17) is 0 Å². The summed E-state index contributed by atoms with van der Waals surface area (Å²) in [6, 6.07) is 1.56. The maximum absolute atomic E-state index is 11.9. The van der Waals surface area contributed by atoms with Gasteiger partial charge in [0, 0.05) is 40.0 Å². The van der Waals surface area contributed by atoms with Crippen LogP contribution in [-0.4, -0.2) is 15.7 Å². The van der Waals surface area contributed by atoms with Crippen LogP contribution in [0.1, 0.15) is 41.4 Å². The van der Waals surface area contributed by atoms with Gasteiger partial charge in [0.25, 0.3) is 0 Å². The second-order valence-corrected chi connectivity index (χ2v) is 6.06. The zero-order valence-electron chi connectivity index (χ0n) is 11.6. The summed E-state index contributed by atoms with van der Waals surface area (Å²) in [4.78, 5) is 26.8. The Morgan fingerprint density at radius 3 is 2.81 bits per heavy atom. The number of aromatic nitrogens is 1. The van der Waals surface area contributed by atoms with Crippen molar-refractivity contribution in [3.63, 3.8) is 0 Å². The summed E-state index contributed by atoms with van der Waals surface area (Å²) in [5.74, 6) is -0.0558. The molecule has 0 aliphatic heterocycles. The molecule has 0 aromatic carbocycles. The Kier molecular flexibility index (Phi) is 3.55. The largest absolute Gasteiger partial charge is 0.324 e. The van der Waals surface area contributed by atoms with Gasteiger partial charge in [0.15, 0.2) is 5.78 Å². The van der Waals surface area contributed by atoms with E-state index in [9.17, 15) is 14.9 Å². The maximum Gasteiger partial charge on any atom is 0.324 e. The molecular weight excluding hydrogens is 288 g/mol. The predicted molar refractivity (Wildman–Crippen MR) is 80.9 cm³/mol. The number of carbonyl (C=O) groups excluding carboxylic acids is 1. The van der Waals surface area contributed by atoms with E-state index in [-0.39, 0.29) is 10.8 Å². The Bertz CT molecular complexity index is 737. The van der Waals surface area contributed by atoms with Crippen molar-refractivity contribution in [1.82, 2.24) is 4.98 Å². The molecule has 0 spiro atoms. The van der Waals surface area contributed by atoms with E-state index in [1.54, 1.807) is 17.6 Å². The molecule has 0 atom stereocenters. The van der Waals surface area contributed by atoms with Crippen LogP contribution < -0.4 is 0 Å². The average Bonchev–Trinajstić information content (AvgIpc) is 2.95. The van der Waals surface area contributed by atoms with Crippen LogP contribution in [0.3, 0.4) is 0 Å². The lowest BCUT2D eigenvalue weighted by Gasteiger charge is -2.20. The zero-order valence-corrected chi connectivity index (χ0v) is 12.4. The van der Waals surface area contributed by atoms with Gasteiger partial charge in [-0.15, -0.1) is 0 Å². The number of fused-ring (bicyclic) bond motifs is 1. The van der Waals surface area contributed by atoms with Gasteiger partial charge in [-0.25, -0.2) is 0 Å². The van der Waals surface area contributed by atoms with Crippen LogP contribution in [0.25, 0.3) is 11.1 Å². The first kappa shape index (κ1) is 13.9. The van der Waals surface area contributed by atoms with Crippen LogP contribution in [-0.2, 0) is 12.8 Å². The van der Waals surface area contributed by atoms with Crippen molar-refractivity contribution in [2.75, 3.05) is 0 Å². The maximum atomic E-state index is 11.9. The summed E-state index contributed by atoms with van der Waals surface area (Å²) < 4.78 is 0. The average molecular weight is 302 g/mol. The van der Waals surface area contributed by atoms with Crippen LogP contribution >= 0.6 is 11.3 Å². The Morgan fingerprint density at radius 1 is 1.38 bits per heavy atom. The quantitative estimate of drug-likeness (QED) is 0.491. The summed E-state index contributed by atoms with van der Waals surface area (Å²) in [5.41, 5.74) is 4.27. The molecule has 0 saturated heterocycles. The molecule has 2 aromatic heterocycles. The second-order valence-electron chi connectivity index (χ2n) is 5.17. The number of nitrogens with zero attached hydrogens (tertiary/aromatic N) is 2. The van der Waals surface area contributed by atoms with Crippen molar-refractivity contribution in [2.45, 2.75) is 32.6 Å². The van der Waals surface area contributed by atoms with Crippen LogP contribution in [0.2, 0.25) is 0 Å². The first-order valence-corrected chi connectivity index (χ1v) is 7.71. The van der Waals surface area contributed by atoms with Gasteiger partial charge >= 0.3 is 5.00 Å². The highest BCUT2D eigenvalue weighted by Crippen LogP contribution is 2.37. The molecule has 2 heterocycles. The van der Waals surface area contributed by atoms with Crippen LogP contribution in [0.4, 0.5) is 5.00 Å². The van der Waals surface area contributed by atoms with E-state index in [1.165, 1.54) is 6.92 Å². The number of aryl methyl sites for hydroxylation is 1. The van der Waals surface area contributed by atoms with Gasteiger partial charge in [-0.3, -0.25) is 19.9 Å². The minimum atomic E-state index is -0.394. The lowest BCUT2D eigenvalue weighted by atomic mass is 9.87. The first-order chi connectivity index (χ1) is 10.1. The highest BCUT2D eigenvalue weighted by Gasteiger charge is 2.23. The summed E-state index contributed by atoms with van der Waals surface area (Å²) in [6.07, 6.45) is 5.57. The minimum absolute atomic E-state index is 0.0558. The van der Waals surface area contributed by atoms with E-state index in [2.05, 4.69) is 4.98 Å². The number of rotatable bonds is 3. The molecule has 21 heavy (non-hydrogen) atoms. The van der Waals surface area contributed by atoms with Crippen molar-refractivity contribution < 1.29 is 9.72 Å². The summed E-state index contributed by atoms with van der Waals surface area (Å²) in [7, 11) is 0. The van der Waals surface area contributed by atoms with Gasteiger partial charge < -0.3 is 0 Å². The Morgan fingerprint density at radius 2 is 2.14 bits per heavy atom. The van der Waals surface area contributed by atoms with Gasteiger partial charge in [-0.05, 0) is 38.2 Å². The third-order valence-electron chi connectivity index (χ3n) is 3.79. The summed E-state index contributed by atoms with van der Waals surface area (Å²) in [5, 5.41) is 12.7. The highest BCUT2D eigenvalue weighted by molar-refractivity contribution is 7.13. The molecule has 1 aliphatic carbocycles. The van der Waals surface area contributed by atoms with E-state index in [0.29, 0.717) is 5.56 Å². The number of ketones is 1. The lowest BCUT2D eigenvalue weighted by molar-refractivity contribution is -0.380. The van der Waals surface area contributed by atoms with E-state index in [1.807, 2.05) is 0 Å². The Labute approximate surface area is 125 Å². The third-order valence-corrected chi connectivity index (χ3v) is 4.67. The number of hydrogen-bond donors (Lipinski definition) is 0. The standard InChI is InChI=1S/C15H14N2O3S/c1-9(18)12-7-16-13-5-3-2-4-11(13)15(12)10-6-14(17(19)20)21-8-10/h6-8H,2-5H2,1H3. The van der Waals surface area contributed by atoms with Crippen molar-refractivity contribution in [3.05, 3.63) is 44.6 Å². The zero-order chi connectivity index (χ0) is 15.0. The van der Waals surface area contributed by atoms with Gasteiger partial charge in [0.2, 0.25) is 0 Å². The van der Waals surface area contributed by atoms with Gasteiger partial charge in [0.05, 0.1) is 4.92 Å². The van der Waals surface area contributed by atoms with Crippen molar-refractivity contribution in [1.29, 1.82) is 0 Å². The molecule has 0 saturated carbocycles. The van der Waals surface area contributed by atoms with E-state index in [0.717, 1.165) is 59.4 Å². The minimum Gasteiger partial charge on any atom is -0.294 e. The second kappa shape index (κ2) is 5.37. The Hall–Kier alpha value is -2.08. The van der Waals surface area contributed by atoms with Crippen LogP contribution in [0.5, 0.6) is 0 Å². The number of Topliss-reactive ketones (excluding diaryl/α,β-unsaturated/α-hetero) is 1. The smallest absolute Gasteiger partial charge is 0.294 e. The molecule has 5 nitrogen and oxygen atoms in total. The molecule has 2 aromatic rings. The first-order valence-electron chi connectivity index (χ1n) is 6.83. The van der Waals surface area contributed by atoms with E-state index >= 15 is 0 Å². The molecule has 0 bridgehead atoms. The monoisotopic (exact) mass is 302 g/mol. The fourth-order valence-corrected chi connectivity index (χ4v) is 3.53. The fraction of sp³-hybridized carbons (Fsp3) is 0.333. The third kappa shape index (κ3) is 2.47.